The molecule has 0 unspecified atom stereocenters. The van der Waals surface area contributed by atoms with Crippen LogP contribution in [0.4, 0.5) is 5.69 Å². The average Bonchev–Trinajstić information content (AvgIpc) is 2.25. The molecular weight excluding hydrogens is 210 g/mol. The van der Waals surface area contributed by atoms with Gasteiger partial charge in [-0.05, 0) is 37.8 Å². The highest BCUT2D eigenvalue weighted by Gasteiger charge is 2.19. The van der Waals surface area contributed by atoms with E-state index in [0.29, 0.717) is 6.04 Å². The topological polar surface area (TPSA) is 32.3 Å². The number of hydrogen-bond acceptors (Lipinski definition) is 2. The van der Waals surface area contributed by atoms with Gasteiger partial charge in [-0.15, -0.1) is 0 Å². The van der Waals surface area contributed by atoms with Crippen LogP contribution < -0.4 is 5.32 Å². The number of anilines is 1. The molecule has 0 saturated heterocycles. The number of hydrogen-bond donors (Lipinski definition) is 2. The first-order chi connectivity index (χ1) is 7.25. The van der Waals surface area contributed by atoms with Gasteiger partial charge in [-0.1, -0.05) is 23.7 Å². The smallest absolute Gasteiger partial charge is 0.0637 e. The standard InChI is InChI=1S/C12H16ClNO/c13-11-3-1-2-4-12(11)14-9-5-7-10(15)8-6-9/h1-4,9-10,14-15H,5-8H2. The average molecular weight is 226 g/mol. The molecule has 1 aromatic rings. The van der Waals surface area contributed by atoms with Crippen molar-refractivity contribution in [2.24, 2.45) is 0 Å². The quantitative estimate of drug-likeness (QED) is 0.811. The van der Waals surface area contributed by atoms with Gasteiger partial charge in [0.25, 0.3) is 0 Å². The summed E-state index contributed by atoms with van der Waals surface area (Å²) in [6.07, 6.45) is 3.72. The molecule has 0 heterocycles. The van der Waals surface area contributed by atoms with Crippen LogP contribution in [0.15, 0.2) is 24.3 Å². The summed E-state index contributed by atoms with van der Waals surface area (Å²) >= 11 is 6.06. The monoisotopic (exact) mass is 225 g/mol. The lowest BCUT2D eigenvalue weighted by Gasteiger charge is -2.27. The summed E-state index contributed by atoms with van der Waals surface area (Å²) in [5.41, 5.74) is 1.00. The molecule has 0 aliphatic heterocycles. The first-order valence-electron chi connectivity index (χ1n) is 5.45. The van der Waals surface area contributed by atoms with E-state index in [2.05, 4.69) is 5.32 Å². The fourth-order valence-electron chi connectivity index (χ4n) is 2.02. The zero-order chi connectivity index (χ0) is 10.7. The molecule has 1 aromatic carbocycles. The van der Waals surface area contributed by atoms with E-state index in [4.69, 9.17) is 11.6 Å². The van der Waals surface area contributed by atoms with Crippen molar-refractivity contribution in [3.05, 3.63) is 29.3 Å². The number of nitrogens with one attached hydrogen (secondary N) is 1. The molecule has 82 valence electrons. The predicted octanol–water partition coefficient (Wildman–Crippen LogP) is 3.06. The van der Waals surface area contributed by atoms with Crippen LogP contribution in [0.3, 0.4) is 0 Å². The van der Waals surface area contributed by atoms with Crippen molar-refractivity contribution >= 4 is 17.3 Å². The van der Waals surface area contributed by atoms with Gasteiger partial charge in [-0.2, -0.15) is 0 Å². The van der Waals surface area contributed by atoms with Crippen LogP contribution in [-0.2, 0) is 0 Å². The van der Waals surface area contributed by atoms with Crippen molar-refractivity contribution in [3.8, 4) is 0 Å². The van der Waals surface area contributed by atoms with E-state index in [1.807, 2.05) is 24.3 Å². The van der Waals surface area contributed by atoms with Gasteiger partial charge in [0.15, 0.2) is 0 Å². The molecule has 2 N–H and O–H groups in total. The van der Waals surface area contributed by atoms with Crippen LogP contribution in [0.1, 0.15) is 25.7 Å². The van der Waals surface area contributed by atoms with Crippen molar-refractivity contribution in [2.75, 3.05) is 5.32 Å². The molecule has 3 heteroatoms. The molecule has 0 amide bonds. The minimum atomic E-state index is -0.103. The van der Waals surface area contributed by atoms with Crippen LogP contribution in [0.2, 0.25) is 5.02 Å². The summed E-state index contributed by atoms with van der Waals surface area (Å²) in [5, 5.41) is 13.6. The molecule has 0 radical (unpaired) electrons. The molecule has 2 nitrogen and oxygen atoms in total. The highest BCUT2D eigenvalue weighted by atomic mass is 35.5. The Morgan fingerprint density at radius 1 is 1.13 bits per heavy atom. The minimum Gasteiger partial charge on any atom is -0.393 e. The van der Waals surface area contributed by atoms with Crippen LogP contribution >= 0.6 is 11.6 Å². The summed E-state index contributed by atoms with van der Waals surface area (Å²) in [5.74, 6) is 0. The second-order valence-corrected chi connectivity index (χ2v) is 4.54. The second kappa shape index (κ2) is 4.86. The van der Waals surface area contributed by atoms with Crippen molar-refractivity contribution in [3.63, 3.8) is 0 Å². The largest absolute Gasteiger partial charge is 0.393 e. The highest BCUT2D eigenvalue weighted by Crippen LogP contribution is 2.26. The zero-order valence-electron chi connectivity index (χ0n) is 8.62. The lowest BCUT2D eigenvalue weighted by atomic mass is 9.93. The number of aliphatic hydroxyl groups excluding tert-OH is 1. The fraction of sp³-hybridized carbons (Fsp3) is 0.500. The van der Waals surface area contributed by atoms with E-state index in [9.17, 15) is 5.11 Å². The van der Waals surface area contributed by atoms with Gasteiger partial charge < -0.3 is 10.4 Å². The Hall–Kier alpha value is -0.730. The summed E-state index contributed by atoms with van der Waals surface area (Å²) in [7, 11) is 0. The van der Waals surface area contributed by atoms with Gasteiger partial charge in [0.2, 0.25) is 0 Å². The predicted molar refractivity (Wildman–Crippen MR) is 63.3 cm³/mol. The molecule has 0 bridgehead atoms. The Morgan fingerprint density at radius 2 is 1.80 bits per heavy atom. The molecule has 1 fully saturated rings. The van der Waals surface area contributed by atoms with Crippen LogP contribution in [0, 0.1) is 0 Å². The number of benzene rings is 1. The third-order valence-electron chi connectivity index (χ3n) is 2.93. The molecule has 15 heavy (non-hydrogen) atoms. The van der Waals surface area contributed by atoms with Gasteiger partial charge in [0, 0.05) is 6.04 Å². The van der Waals surface area contributed by atoms with Crippen molar-refractivity contribution in [2.45, 2.75) is 37.8 Å². The third kappa shape index (κ3) is 2.86. The first-order valence-corrected chi connectivity index (χ1v) is 5.82. The maximum Gasteiger partial charge on any atom is 0.0637 e. The summed E-state index contributed by atoms with van der Waals surface area (Å²) in [4.78, 5) is 0. The van der Waals surface area contributed by atoms with Crippen LogP contribution in [-0.4, -0.2) is 17.3 Å². The van der Waals surface area contributed by atoms with E-state index < -0.39 is 0 Å². The fourth-order valence-corrected chi connectivity index (χ4v) is 2.21. The van der Waals surface area contributed by atoms with E-state index in [1.165, 1.54) is 0 Å². The highest BCUT2D eigenvalue weighted by molar-refractivity contribution is 6.33. The Kier molecular flexibility index (Phi) is 3.49. The Labute approximate surface area is 95.3 Å². The molecule has 0 aromatic heterocycles. The molecule has 1 aliphatic rings. The van der Waals surface area contributed by atoms with Gasteiger partial charge in [0.05, 0.1) is 16.8 Å². The van der Waals surface area contributed by atoms with Gasteiger partial charge in [-0.3, -0.25) is 0 Å². The van der Waals surface area contributed by atoms with Gasteiger partial charge in [0.1, 0.15) is 0 Å². The maximum absolute atomic E-state index is 9.39. The molecule has 0 atom stereocenters. The SMILES string of the molecule is OC1CCC(Nc2ccccc2Cl)CC1. The Balaban J connectivity index is 1.95. The zero-order valence-corrected chi connectivity index (χ0v) is 9.37. The Bertz CT molecular complexity index is 321. The second-order valence-electron chi connectivity index (χ2n) is 4.13. The van der Waals surface area contributed by atoms with E-state index >= 15 is 0 Å². The summed E-state index contributed by atoms with van der Waals surface area (Å²) in [6.45, 7) is 0. The van der Waals surface area contributed by atoms with Crippen molar-refractivity contribution in [1.82, 2.24) is 0 Å². The van der Waals surface area contributed by atoms with Crippen molar-refractivity contribution < 1.29 is 5.11 Å². The minimum absolute atomic E-state index is 0.103. The molecule has 1 saturated carbocycles. The van der Waals surface area contributed by atoms with Crippen molar-refractivity contribution in [1.29, 1.82) is 0 Å². The number of aliphatic hydroxyl groups is 1. The normalized spacial score (nSPS) is 26.3. The van der Waals surface area contributed by atoms with Crippen LogP contribution in [0.25, 0.3) is 0 Å². The maximum atomic E-state index is 9.39. The van der Waals surface area contributed by atoms with E-state index in [1.54, 1.807) is 0 Å². The molecular formula is C12H16ClNO. The summed E-state index contributed by atoms with van der Waals surface area (Å²) in [6, 6.07) is 8.24. The Morgan fingerprint density at radius 3 is 2.47 bits per heavy atom. The van der Waals surface area contributed by atoms with Gasteiger partial charge in [-0.25, -0.2) is 0 Å². The number of halogens is 1. The lowest BCUT2D eigenvalue weighted by Crippen LogP contribution is -2.28. The van der Waals surface area contributed by atoms with Gasteiger partial charge >= 0.3 is 0 Å². The van der Waals surface area contributed by atoms with Crippen LogP contribution in [0.5, 0.6) is 0 Å². The molecule has 1 aliphatic carbocycles. The molecule has 0 spiro atoms. The van der Waals surface area contributed by atoms with E-state index in [0.717, 1.165) is 36.4 Å². The summed E-state index contributed by atoms with van der Waals surface area (Å²) < 4.78 is 0. The molecule has 2 rings (SSSR count). The lowest BCUT2D eigenvalue weighted by molar-refractivity contribution is 0.126. The first kappa shape index (κ1) is 10.8. The number of rotatable bonds is 2. The van der Waals surface area contributed by atoms with E-state index in [-0.39, 0.29) is 6.10 Å². The number of para-hydroxylation sites is 1. The third-order valence-corrected chi connectivity index (χ3v) is 3.26.